The van der Waals surface area contributed by atoms with Crippen LogP contribution in [0.15, 0.2) is 24.3 Å². The molecule has 2 N–H and O–H groups in total. The molecule has 32 heavy (non-hydrogen) atoms. The lowest BCUT2D eigenvalue weighted by Gasteiger charge is -2.39. The van der Waals surface area contributed by atoms with Crippen molar-refractivity contribution in [1.82, 2.24) is 14.7 Å². The third-order valence-electron chi connectivity index (χ3n) is 7.57. The molecule has 3 aliphatic heterocycles. The lowest BCUT2D eigenvalue weighted by Crippen LogP contribution is -2.57. The summed E-state index contributed by atoms with van der Waals surface area (Å²) < 4.78 is 0. The van der Waals surface area contributed by atoms with Gasteiger partial charge in [0.25, 0.3) is 0 Å². The normalized spacial score (nSPS) is 31.4. The van der Waals surface area contributed by atoms with Crippen molar-refractivity contribution in [2.45, 2.75) is 69.9 Å². The molecule has 0 radical (unpaired) electrons. The van der Waals surface area contributed by atoms with E-state index in [1.807, 2.05) is 48.8 Å². The van der Waals surface area contributed by atoms with E-state index in [0.717, 1.165) is 12.0 Å². The molecular weight excluding hydrogens is 404 g/mol. The molecule has 2 amide bonds. The molecule has 7 atom stereocenters. The zero-order valence-electron chi connectivity index (χ0n) is 18.8. The first kappa shape index (κ1) is 22.3. The Morgan fingerprint density at radius 2 is 2.03 bits per heavy atom. The van der Waals surface area contributed by atoms with Crippen LogP contribution < -0.4 is 5.73 Å². The number of fused-ring (bicyclic) bond motifs is 2. The molecule has 0 spiro atoms. The van der Waals surface area contributed by atoms with E-state index in [1.54, 1.807) is 11.0 Å². The number of benzene rings is 1. The molecule has 0 aromatic heterocycles. The van der Waals surface area contributed by atoms with E-state index in [-0.39, 0.29) is 41.9 Å². The molecule has 3 saturated heterocycles. The number of carbonyl (C=O) groups is 2. The lowest BCUT2D eigenvalue weighted by molar-refractivity contribution is -0.141. The van der Waals surface area contributed by atoms with Gasteiger partial charge in [0.2, 0.25) is 11.8 Å². The molecule has 0 saturated carbocycles. The maximum Gasteiger partial charge on any atom is 0.242 e. The van der Waals surface area contributed by atoms with E-state index in [4.69, 9.17) is 5.73 Å². The largest absolute Gasteiger partial charge is 0.330 e. The highest BCUT2D eigenvalue weighted by molar-refractivity contribution is 5.87. The molecule has 8 nitrogen and oxygen atoms in total. The summed E-state index contributed by atoms with van der Waals surface area (Å²) in [6, 6.07) is 10.2. The van der Waals surface area contributed by atoms with Gasteiger partial charge in [-0.15, -0.1) is 0 Å². The van der Waals surface area contributed by atoms with E-state index >= 15 is 0 Å². The molecule has 0 aliphatic carbocycles. The Labute approximate surface area is 189 Å². The topological polar surface area (TPSA) is 117 Å². The Morgan fingerprint density at radius 1 is 1.28 bits per heavy atom. The zero-order chi connectivity index (χ0) is 23.2. The summed E-state index contributed by atoms with van der Waals surface area (Å²) in [4.78, 5) is 31.8. The number of piperazine rings is 1. The van der Waals surface area contributed by atoms with Crippen molar-refractivity contribution in [2.24, 2.45) is 11.7 Å². The predicted octanol–water partition coefficient (Wildman–Crippen LogP) is 1.38. The van der Waals surface area contributed by atoms with Crippen molar-refractivity contribution in [2.75, 3.05) is 13.1 Å². The summed E-state index contributed by atoms with van der Waals surface area (Å²) in [7, 11) is 0. The fourth-order valence-corrected chi connectivity index (χ4v) is 5.64. The lowest BCUT2D eigenvalue weighted by atomic mass is 10.0. The Hall–Kier alpha value is -2.94. The molecule has 3 fully saturated rings. The molecular formula is C24H30N6O2. The first-order chi connectivity index (χ1) is 15.3. The van der Waals surface area contributed by atoms with Gasteiger partial charge in [0.1, 0.15) is 6.04 Å². The SMILES string of the molecule is CC1CC(C#N)N(C(=O)C(N)CN2C[C@@H]3CC2C(=O)N3[C@@H](C)c2cccc(C#N)c2)C1C. The maximum atomic E-state index is 13.2. The predicted molar refractivity (Wildman–Crippen MR) is 118 cm³/mol. The second-order valence-electron chi connectivity index (χ2n) is 9.47. The van der Waals surface area contributed by atoms with Crippen LogP contribution in [0.1, 0.15) is 50.8 Å². The van der Waals surface area contributed by atoms with E-state index in [2.05, 4.69) is 12.1 Å². The monoisotopic (exact) mass is 434 g/mol. The molecule has 5 unspecified atom stereocenters. The summed E-state index contributed by atoms with van der Waals surface area (Å²) in [6.07, 6.45) is 1.39. The molecule has 3 aliphatic rings. The van der Waals surface area contributed by atoms with Gasteiger partial charge in [0.05, 0.1) is 35.8 Å². The molecule has 3 heterocycles. The van der Waals surface area contributed by atoms with Crippen molar-refractivity contribution in [3.05, 3.63) is 35.4 Å². The molecule has 4 rings (SSSR count). The second kappa shape index (κ2) is 8.54. The minimum atomic E-state index is -0.760. The molecule has 1 aromatic carbocycles. The Balaban J connectivity index is 1.42. The van der Waals surface area contributed by atoms with Crippen LogP contribution in [0, 0.1) is 28.6 Å². The number of hydrogen-bond donors (Lipinski definition) is 1. The minimum absolute atomic E-state index is 0.0182. The summed E-state index contributed by atoms with van der Waals surface area (Å²) >= 11 is 0. The van der Waals surface area contributed by atoms with Gasteiger partial charge in [-0.3, -0.25) is 14.5 Å². The highest BCUT2D eigenvalue weighted by Crippen LogP contribution is 2.38. The van der Waals surface area contributed by atoms with Crippen LogP contribution in [0.5, 0.6) is 0 Å². The number of rotatable bonds is 5. The van der Waals surface area contributed by atoms with Gasteiger partial charge in [0.15, 0.2) is 0 Å². The van der Waals surface area contributed by atoms with Gasteiger partial charge in [-0.2, -0.15) is 10.5 Å². The second-order valence-corrected chi connectivity index (χ2v) is 9.47. The van der Waals surface area contributed by atoms with Gasteiger partial charge in [-0.1, -0.05) is 19.1 Å². The summed E-state index contributed by atoms with van der Waals surface area (Å²) in [6.45, 7) is 7.00. The number of amides is 2. The van der Waals surface area contributed by atoms with E-state index in [0.29, 0.717) is 25.1 Å². The quantitative estimate of drug-likeness (QED) is 0.748. The average Bonchev–Trinajstić information content (AvgIpc) is 3.43. The van der Waals surface area contributed by atoms with E-state index in [9.17, 15) is 20.1 Å². The smallest absolute Gasteiger partial charge is 0.242 e. The van der Waals surface area contributed by atoms with Crippen LogP contribution in [-0.2, 0) is 9.59 Å². The minimum Gasteiger partial charge on any atom is -0.330 e. The fraction of sp³-hybridized carbons (Fsp3) is 0.583. The van der Waals surface area contributed by atoms with Gasteiger partial charge in [-0.25, -0.2) is 0 Å². The van der Waals surface area contributed by atoms with Crippen molar-refractivity contribution >= 4 is 11.8 Å². The Bertz CT molecular complexity index is 997. The number of carbonyl (C=O) groups excluding carboxylic acids is 2. The van der Waals surface area contributed by atoms with Crippen LogP contribution in [0.2, 0.25) is 0 Å². The Morgan fingerprint density at radius 3 is 2.69 bits per heavy atom. The standard InChI is InChI=1S/C24H30N6O2/c1-14-7-19(11-26)29(15(14)2)23(31)21(27)13-28-12-20-9-22(28)24(32)30(20)16(3)18-6-4-5-17(8-18)10-25/h4-6,8,14-16,19-22H,7,9,12-13,27H2,1-3H3/t14?,15?,16-,19?,20-,21?,22?/m0/s1. The zero-order valence-corrected chi connectivity index (χ0v) is 18.8. The number of nitrogens with zero attached hydrogens (tertiary/aromatic N) is 5. The fourth-order valence-electron chi connectivity index (χ4n) is 5.64. The molecule has 8 heteroatoms. The van der Waals surface area contributed by atoms with E-state index < -0.39 is 12.1 Å². The third-order valence-corrected chi connectivity index (χ3v) is 7.57. The average molecular weight is 435 g/mol. The number of hydrogen-bond acceptors (Lipinski definition) is 6. The van der Waals surface area contributed by atoms with Crippen molar-refractivity contribution in [3.8, 4) is 12.1 Å². The first-order valence-corrected chi connectivity index (χ1v) is 11.3. The Kier molecular flexibility index (Phi) is 5.94. The van der Waals surface area contributed by atoms with Crippen LogP contribution in [0.3, 0.4) is 0 Å². The highest BCUT2D eigenvalue weighted by Gasteiger charge is 2.52. The molecule has 168 valence electrons. The van der Waals surface area contributed by atoms with Crippen molar-refractivity contribution in [1.29, 1.82) is 10.5 Å². The van der Waals surface area contributed by atoms with Crippen LogP contribution in [0.4, 0.5) is 0 Å². The van der Waals surface area contributed by atoms with E-state index in [1.165, 1.54) is 0 Å². The number of nitriles is 2. The van der Waals surface area contributed by atoms with Gasteiger partial charge >= 0.3 is 0 Å². The van der Waals surface area contributed by atoms with Crippen molar-refractivity contribution in [3.63, 3.8) is 0 Å². The molecule has 2 bridgehead atoms. The summed E-state index contributed by atoms with van der Waals surface area (Å²) in [5.41, 5.74) is 7.83. The van der Waals surface area contributed by atoms with Crippen LogP contribution in [0.25, 0.3) is 0 Å². The van der Waals surface area contributed by atoms with Crippen LogP contribution >= 0.6 is 0 Å². The summed E-state index contributed by atoms with van der Waals surface area (Å²) in [5, 5.41) is 18.6. The highest BCUT2D eigenvalue weighted by atomic mass is 16.2. The van der Waals surface area contributed by atoms with Gasteiger partial charge < -0.3 is 15.5 Å². The number of nitrogens with two attached hydrogens (primary N) is 1. The number of likely N-dealkylation sites (tertiary alicyclic amines) is 3. The first-order valence-electron chi connectivity index (χ1n) is 11.3. The third kappa shape index (κ3) is 3.64. The van der Waals surface area contributed by atoms with Gasteiger partial charge in [0, 0.05) is 25.2 Å². The van der Waals surface area contributed by atoms with Crippen molar-refractivity contribution < 1.29 is 9.59 Å². The summed E-state index contributed by atoms with van der Waals surface area (Å²) in [5.74, 6) is 0.103. The van der Waals surface area contributed by atoms with Gasteiger partial charge in [-0.05, 0) is 50.3 Å². The maximum absolute atomic E-state index is 13.2. The molecule has 1 aromatic rings. The van der Waals surface area contributed by atoms with Crippen LogP contribution in [-0.4, -0.2) is 69.8 Å².